The van der Waals surface area contributed by atoms with Crippen LogP contribution >= 0.6 is 0 Å². The lowest BCUT2D eigenvalue weighted by Crippen LogP contribution is -2.42. The molecule has 0 bridgehead atoms. The Balaban J connectivity index is 0.0000449. The van der Waals surface area contributed by atoms with E-state index in [0.717, 1.165) is 89.9 Å². The molecule has 0 aliphatic rings. The first-order chi connectivity index (χ1) is 63.2. The minimum Gasteiger partial charge on any atom is -0.494 e. The van der Waals surface area contributed by atoms with E-state index in [0.29, 0.717) is 185 Å². The molecule has 34 heteroatoms. The number of amides is 5. The van der Waals surface area contributed by atoms with Crippen molar-refractivity contribution in [1.82, 2.24) is 36.6 Å². The number of carboxylic acids is 4. The molecule has 20 N–H and O–H groups in total. The average Bonchev–Trinajstić information content (AvgIpc) is 1.09. The van der Waals surface area contributed by atoms with Gasteiger partial charge in [0.2, 0.25) is 29.5 Å². The summed E-state index contributed by atoms with van der Waals surface area (Å²) in [6.07, 6.45) is 28.4. The number of benzene rings is 2. The van der Waals surface area contributed by atoms with Crippen LogP contribution in [0.2, 0.25) is 0 Å². The standard InChI is InChI=1S/C98H156N12O22.2H2/c1-68(61-89(117)84(103)65-75-66-104-67-109-75)87(115)64-73(34-24-28-57-107-92(120)82(101)39-20-16-21-41-86(114)80(99)37-25-29-55-105-90(118)54-47-74(97(127)128)62-77(113)36-17-11-7-3-5-9-13-31-59-131-78-49-43-70(44-50-78)95(123)124)88(116)63-72(69(2)111)33-23-27-56-106-94(122)83(102)40-26-30-58-108-93(121)81(100)38-19-15-18-35-76(112)48-53-85(98(129)130)110-91(119)42-22-12-8-4-6-10-14-32-60-132-79-51-45-71(46-52-79)96(125)126;;/h43-46,49-52,66-68,72-74,80-85H,3-42,47-48,53-65,99-103H2,1-2H3,(H,104,109)(H,105,118)(H,106,122)(H,107,120)(H,108,121)(H,110,119)(H,123,124)(H,125,126)(H,127,128)(H,129,130);2*1H/t68-,72-,73-,74-,80+,81+,82+,83+,84+,85+;;/m1../s1. The molecule has 3 rings (SSSR count). The van der Waals surface area contributed by atoms with Gasteiger partial charge in [-0.25, -0.2) is 19.4 Å². The third-order valence-corrected chi connectivity index (χ3v) is 24.1. The van der Waals surface area contributed by atoms with E-state index in [9.17, 15) is 86.9 Å². The van der Waals surface area contributed by atoms with Crippen LogP contribution in [-0.4, -0.2) is 200 Å². The Hall–Kier alpha value is -10.0. The number of nitrogens with one attached hydrogen (secondary N) is 6. The summed E-state index contributed by atoms with van der Waals surface area (Å²) in [6.45, 7) is 5.29. The largest absolute Gasteiger partial charge is 0.494 e. The van der Waals surface area contributed by atoms with Crippen LogP contribution in [0.4, 0.5) is 0 Å². The van der Waals surface area contributed by atoms with Crippen molar-refractivity contribution in [3.05, 3.63) is 77.9 Å². The van der Waals surface area contributed by atoms with E-state index in [1.165, 1.54) is 37.5 Å². The summed E-state index contributed by atoms with van der Waals surface area (Å²) in [4.78, 5) is 209. The molecule has 0 spiro atoms. The van der Waals surface area contributed by atoms with Crippen molar-refractivity contribution in [2.24, 2.45) is 52.3 Å². The Kier molecular flexibility index (Phi) is 62.2. The number of rotatable bonds is 85. The van der Waals surface area contributed by atoms with Gasteiger partial charge in [0, 0.05) is 129 Å². The van der Waals surface area contributed by atoms with Crippen LogP contribution in [-0.2, 0) is 73.5 Å². The van der Waals surface area contributed by atoms with E-state index < -0.39 is 83.8 Å². The predicted octanol–water partition coefficient (Wildman–Crippen LogP) is 12.0. The summed E-state index contributed by atoms with van der Waals surface area (Å²) in [6, 6.07) is 7.50. The quantitative estimate of drug-likeness (QED) is 0.0233. The number of ketones is 7. The van der Waals surface area contributed by atoms with Crippen LogP contribution in [0, 0.1) is 23.7 Å². The molecule has 132 heavy (non-hydrogen) atoms. The fraction of sp³-hybridized carbons (Fsp3) is 0.684. The van der Waals surface area contributed by atoms with E-state index in [1.54, 1.807) is 37.4 Å². The lowest BCUT2D eigenvalue weighted by atomic mass is 9.82. The highest BCUT2D eigenvalue weighted by atomic mass is 16.5. The Morgan fingerprint density at radius 3 is 1.23 bits per heavy atom. The van der Waals surface area contributed by atoms with Crippen molar-refractivity contribution >= 4 is 93.9 Å². The first-order valence-electron chi connectivity index (χ1n) is 48.4. The van der Waals surface area contributed by atoms with E-state index >= 15 is 0 Å². The first kappa shape index (κ1) is 116. The number of carbonyl (C=O) groups is 16. The molecule has 0 saturated heterocycles. The van der Waals surface area contributed by atoms with Crippen molar-refractivity contribution in [3.8, 4) is 11.5 Å². The number of Topliss-reactive ketones (excluding diaryl/α,β-unsaturated/α-hetero) is 7. The van der Waals surface area contributed by atoms with Crippen LogP contribution in [0.5, 0.6) is 11.5 Å². The second-order valence-electron chi connectivity index (χ2n) is 35.5. The second kappa shape index (κ2) is 70.7. The summed E-state index contributed by atoms with van der Waals surface area (Å²) in [5, 5.41) is 51.4. The van der Waals surface area contributed by atoms with E-state index in [2.05, 4.69) is 36.6 Å². The second-order valence-corrected chi connectivity index (χ2v) is 35.5. The lowest BCUT2D eigenvalue weighted by Gasteiger charge is -2.21. The number of carboxylic acid groups (broad SMARTS) is 4. The van der Waals surface area contributed by atoms with Gasteiger partial charge in [-0.2, -0.15) is 0 Å². The summed E-state index contributed by atoms with van der Waals surface area (Å²) in [5.74, 6) is -9.31. The van der Waals surface area contributed by atoms with Crippen molar-refractivity contribution < 1.29 is 109 Å². The smallest absolute Gasteiger partial charge is 0.335 e. The summed E-state index contributed by atoms with van der Waals surface area (Å²) in [5.41, 5.74) is 32.1. The highest BCUT2D eigenvalue weighted by Gasteiger charge is 2.31. The van der Waals surface area contributed by atoms with Crippen LogP contribution in [0.25, 0.3) is 0 Å². The van der Waals surface area contributed by atoms with Gasteiger partial charge in [0.15, 0.2) is 5.78 Å². The average molecular weight is 1860 g/mol. The third kappa shape index (κ3) is 55.5. The highest BCUT2D eigenvalue weighted by Crippen LogP contribution is 2.27. The fourth-order valence-corrected chi connectivity index (χ4v) is 15.4. The zero-order valence-corrected chi connectivity index (χ0v) is 78.4. The van der Waals surface area contributed by atoms with Crippen LogP contribution < -0.4 is 64.7 Å². The molecule has 0 unspecified atom stereocenters. The van der Waals surface area contributed by atoms with Crippen molar-refractivity contribution in [2.45, 2.75) is 365 Å². The van der Waals surface area contributed by atoms with Gasteiger partial charge in [-0.05, 0) is 184 Å². The molecule has 0 radical (unpaired) electrons. The number of carbonyl (C=O) groups excluding carboxylic acids is 12. The molecule has 2 aromatic carbocycles. The number of hydrogen-bond acceptors (Lipinski definition) is 24. The van der Waals surface area contributed by atoms with Gasteiger partial charge in [-0.1, -0.05) is 122 Å². The molecular weight excluding hydrogens is 1700 g/mol. The Morgan fingerprint density at radius 2 is 0.773 bits per heavy atom. The van der Waals surface area contributed by atoms with Gasteiger partial charge in [0.1, 0.15) is 52.2 Å². The number of imidazole rings is 1. The molecule has 1 aromatic heterocycles. The maximum Gasteiger partial charge on any atom is 0.335 e. The molecule has 0 aliphatic heterocycles. The number of nitrogens with two attached hydrogens (primary N) is 5. The molecule has 744 valence electrons. The summed E-state index contributed by atoms with van der Waals surface area (Å²) in [7, 11) is 0. The van der Waals surface area contributed by atoms with Crippen molar-refractivity contribution in [2.75, 3.05) is 39.4 Å². The minimum atomic E-state index is -1.20. The maximum absolute atomic E-state index is 14.2. The van der Waals surface area contributed by atoms with Gasteiger partial charge in [-0.3, -0.25) is 62.3 Å². The number of aromatic carboxylic acids is 2. The zero-order chi connectivity index (χ0) is 97.2. The van der Waals surface area contributed by atoms with Crippen LogP contribution in [0.15, 0.2) is 61.1 Å². The third-order valence-electron chi connectivity index (χ3n) is 24.1. The number of H-pyrrole nitrogens is 1. The number of hydrogen-bond donors (Lipinski definition) is 15. The number of ether oxygens (including phenoxy) is 2. The van der Waals surface area contributed by atoms with Gasteiger partial charge in [0.25, 0.3) is 0 Å². The predicted molar refractivity (Wildman–Crippen MR) is 505 cm³/mol. The van der Waals surface area contributed by atoms with Crippen molar-refractivity contribution in [3.63, 3.8) is 0 Å². The van der Waals surface area contributed by atoms with E-state index in [4.69, 9.17) is 48.4 Å². The SMILES string of the molecule is CC(=O)[C@H](CCCCNC(=O)[C@@H](N)CCCCNC(=O)[C@@H](N)CCCCCC(=O)CC[C@H](NC(=O)CCCCCCCCCCOc1ccc(C(=O)O)cc1)C(=O)O)CC(=O)[C@H](CCCCNC(=O)[C@@H](N)CCCCCC(=O)[C@@H](N)CCCCNC(=O)CC[C@H](CC(=O)CCCCCCCCCCOc1ccc(C(=O)O)cc1)C(=O)O)CC(=O)[C@H](C)CC(=O)[C@@H](N)Cc1cnc[nH]1.[HH].[HH]. The van der Waals surface area contributed by atoms with E-state index in [1.807, 2.05) is 0 Å². The topological polar surface area (TPSA) is 591 Å². The molecule has 5 amide bonds. The number of unbranched alkanes of at least 4 members (excludes halogenated alkanes) is 22. The molecular formula is C98H160N12O22. The molecule has 1 heterocycles. The Labute approximate surface area is 782 Å². The molecule has 10 atom stereocenters. The number of aromatic nitrogens is 2. The van der Waals surface area contributed by atoms with E-state index in [-0.39, 0.29) is 181 Å². The normalized spacial score (nSPS) is 13.6. The lowest BCUT2D eigenvalue weighted by molar-refractivity contribution is -0.144. The van der Waals surface area contributed by atoms with Gasteiger partial charge >= 0.3 is 23.9 Å². The summed E-state index contributed by atoms with van der Waals surface area (Å²) >= 11 is 0. The summed E-state index contributed by atoms with van der Waals surface area (Å²) < 4.78 is 11.4. The Bertz CT molecular complexity index is 3940. The maximum atomic E-state index is 14.2. The van der Waals surface area contributed by atoms with Gasteiger partial charge in [0.05, 0.1) is 66.8 Å². The monoisotopic (exact) mass is 1860 g/mol. The van der Waals surface area contributed by atoms with Crippen LogP contribution in [0.3, 0.4) is 0 Å². The zero-order valence-electron chi connectivity index (χ0n) is 78.4. The van der Waals surface area contributed by atoms with Crippen molar-refractivity contribution in [1.29, 1.82) is 0 Å². The van der Waals surface area contributed by atoms with Crippen LogP contribution in [0.1, 0.15) is 351 Å². The molecule has 0 saturated carbocycles. The molecule has 34 nitrogen and oxygen atoms in total. The highest BCUT2D eigenvalue weighted by molar-refractivity contribution is 5.95. The van der Waals surface area contributed by atoms with Gasteiger partial charge < -0.3 is 90.1 Å². The number of aliphatic carboxylic acids is 2. The Morgan fingerprint density at radius 1 is 0.364 bits per heavy atom. The fourth-order valence-electron chi connectivity index (χ4n) is 15.4. The number of nitrogens with zero attached hydrogens (tertiary/aromatic N) is 1. The molecule has 0 fully saturated rings. The van der Waals surface area contributed by atoms with Gasteiger partial charge in [-0.15, -0.1) is 0 Å². The first-order valence-corrected chi connectivity index (χ1v) is 48.4. The number of aromatic amines is 1. The molecule has 3 aromatic rings. The molecule has 0 aliphatic carbocycles. The minimum absolute atomic E-state index is 0.